The van der Waals surface area contributed by atoms with Crippen molar-refractivity contribution in [3.05, 3.63) is 0 Å². The molecular formula is C15H27NO2. The van der Waals surface area contributed by atoms with Crippen LogP contribution in [0, 0.1) is 17.8 Å². The first-order chi connectivity index (χ1) is 8.67. The molecule has 1 heterocycles. The summed E-state index contributed by atoms with van der Waals surface area (Å²) in [7, 11) is 1.73. The first kappa shape index (κ1) is 13.9. The molecule has 3 nitrogen and oxygen atoms in total. The van der Waals surface area contributed by atoms with Crippen molar-refractivity contribution in [2.24, 2.45) is 17.8 Å². The van der Waals surface area contributed by atoms with Gasteiger partial charge >= 0.3 is 0 Å². The summed E-state index contributed by atoms with van der Waals surface area (Å²) >= 11 is 0. The topological polar surface area (TPSA) is 29.5 Å². The Morgan fingerprint density at radius 3 is 2.61 bits per heavy atom. The number of nitrogens with zero attached hydrogens (tertiary/aromatic N) is 1. The molecule has 0 aromatic heterocycles. The summed E-state index contributed by atoms with van der Waals surface area (Å²) in [5.41, 5.74) is 0. The Morgan fingerprint density at radius 2 is 2.00 bits per heavy atom. The van der Waals surface area contributed by atoms with Gasteiger partial charge < -0.3 is 9.64 Å². The minimum atomic E-state index is 0.277. The van der Waals surface area contributed by atoms with E-state index in [1.165, 1.54) is 25.7 Å². The summed E-state index contributed by atoms with van der Waals surface area (Å²) in [6, 6.07) is 0. The number of amides is 1. The zero-order chi connectivity index (χ0) is 13.1. The summed E-state index contributed by atoms with van der Waals surface area (Å²) in [4.78, 5) is 14.5. The van der Waals surface area contributed by atoms with Crippen LogP contribution in [0.1, 0.15) is 46.0 Å². The SMILES string of the molecule is CCC(C)C1CCCCC1C(=O)N1CC(OC)C1. The van der Waals surface area contributed by atoms with Gasteiger partial charge in [0.25, 0.3) is 0 Å². The third-order valence-corrected chi connectivity index (χ3v) is 5.00. The van der Waals surface area contributed by atoms with Crippen LogP contribution in [0.3, 0.4) is 0 Å². The van der Waals surface area contributed by atoms with Gasteiger partial charge in [-0.2, -0.15) is 0 Å². The normalized spacial score (nSPS) is 30.9. The van der Waals surface area contributed by atoms with Crippen molar-refractivity contribution < 1.29 is 9.53 Å². The highest BCUT2D eigenvalue weighted by atomic mass is 16.5. The number of methoxy groups -OCH3 is 1. The zero-order valence-corrected chi connectivity index (χ0v) is 12.0. The smallest absolute Gasteiger partial charge is 0.226 e. The summed E-state index contributed by atoms with van der Waals surface area (Å²) in [6.45, 7) is 6.16. The lowest BCUT2D eigenvalue weighted by Gasteiger charge is -2.43. The molecule has 3 unspecified atom stereocenters. The molecule has 1 amide bonds. The summed E-state index contributed by atoms with van der Waals surface area (Å²) in [6.07, 6.45) is 6.34. The van der Waals surface area contributed by atoms with Crippen molar-refractivity contribution in [3.8, 4) is 0 Å². The van der Waals surface area contributed by atoms with E-state index in [2.05, 4.69) is 13.8 Å². The molecule has 0 aromatic carbocycles. The average molecular weight is 253 g/mol. The van der Waals surface area contributed by atoms with Crippen LogP contribution in [0.2, 0.25) is 0 Å². The molecule has 2 aliphatic rings. The first-order valence-corrected chi connectivity index (χ1v) is 7.49. The van der Waals surface area contributed by atoms with Gasteiger partial charge in [0.2, 0.25) is 5.91 Å². The second kappa shape index (κ2) is 6.05. The van der Waals surface area contributed by atoms with Crippen LogP contribution >= 0.6 is 0 Å². The standard InChI is InChI=1S/C15H27NO2/c1-4-11(2)13-7-5-6-8-14(13)15(17)16-9-12(10-16)18-3/h11-14H,4-10H2,1-3H3. The maximum absolute atomic E-state index is 12.5. The number of hydrogen-bond acceptors (Lipinski definition) is 2. The monoisotopic (exact) mass is 253 g/mol. The van der Waals surface area contributed by atoms with Gasteiger partial charge in [0.05, 0.1) is 6.10 Å². The lowest BCUT2D eigenvalue weighted by atomic mass is 9.71. The highest BCUT2D eigenvalue weighted by molar-refractivity contribution is 5.80. The number of rotatable bonds is 4. The maximum atomic E-state index is 12.5. The average Bonchev–Trinajstić information content (AvgIpc) is 2.36. The van der Waals surface area contributed by atoms with Crippen molar-refractivity contribution in [3.63, 3.8) is 0 Å². The van der Waals surface area contributed by atoms with Gasteiger partial charge in [-0.3, -0.25) is 4.79 Å². The fourth-order valence-corrected chi connectivity index (χ4v) is 3.45. The van der Waals surface area contributed by atoms with Gasteiger partial charge in [-0.15, -0.1) is 0 Å². The largest absolute Gasteiger partial charge is 0.378 e. The number of ether oxygens (including phenoxy) is 1. The fourth-order valence-electron chi connectivity index (χ4n) is 3.45. The van der Waals surface area contributed by atoms with E-state index < -0.39 is 0 Å². The number of carbonyl (C=O) groups is 1. The molecule has 0 radical (unpaired) electrons. The molecule has 0 spiro atoms. The van der Waals surface area contributed by atoms with Crippen molar-refractivity contribution in [1.29, 1.82) is 0 Å². The molecule has 1 saturated carbocycles. The van der Waals surface area contributed by atoms with Gasteiger partial charge in [0.1, 0.15) is 0 Å². The summed E-state index contributed by atoms with van der Waals surface area (Å²) < 4.78 is 5.26. The molecule has 104 valence electrons. The first-order valence-electron chi connectivity index (χ1n) is 7.49. The molecule has 18 heavy (non-hydrogen) atoms. The van der Waals surface area contributed by atoms with Gasteiger partial charge in [-0.25, -0.2) is 0 Å². The Labute approximate surface area is 111 Å². The van der Waals surface area contributed by atoms with Crippen LogP contribution in [0.5, 0.6) is 0 Å². The molecule has 3 atom stereocenters. The second-order valence-electron chi connectivity index (χ2n) is 6.04. The second-order valence-corrected chi connectivity index (χ2v) is 6.04. The van der Waals surface area contributed by atoms with Gasteiger partial charge in [0, 0.05) is 26.1 Å². The third-order valence-electron chi connectivity index (χ3n) is 5.00. The van der Waals surface area contributed by atoms with E-state index in [4.69, 9.17) is 4.74 Å². The minimum Gasteiger partial charge on any atom is -0.378 e. The quantitative estimate of drug-likeness (QED) is 0.771. The Kier molecular flexibility index (Phi) is 4.66. The predicted octanol–water partition coefficient (Wildman–Crippen LogP) is 2.70. The Morgan fingerprint density at radius 1 is 1.33 bits per heavy atom. The number of likely N-dealkylation sites (tertiary alicyclic amines) is 1. The molecule has 3 heteroatoms. The van der Waals surface area contributed by atoms with Crippen LogP contribution in [-0.4, -0.2) is 37.1 Å². The molecular weight excluding hydrogens is 226 g/mol. The Balaban J connectivity index is 1.94. The number of hydrogen-bond donors (Lipinski definition) is 0. The van der Waals surface area contributed by atoms with Gasteiger partial charge in [0.15, 0.2) is 0 Å². The van der Waals surface area contributed by atoms with E-state index in [9.17, 15) is 4.79 Å². The zero-order valence-electron chi connectivity index (χ0n) is 12.0. The fraction of sp³-hybridized carbons (Fsp3) is 0.933. The van der Waals surface area contributed by atoms with Crippen LogP contribution in [0.15, 0.2) is 0 Å². The molecule has 2 fully saturated rings. The van der Waals surface area contributed by atoms with E-state index >= 15 is 0 Å². The van der Waals surface area contributed by atoms with E-state index in [-0.39, 0.29) is 12.0 Å². The molecule has 0 N–H and O–H groups in total. The summed E-state index contributed by atoms with van der Waals surface area (Å²) in [5, 5.41) is 0. The van der Waals surface area contributed by atoms with E-state index in [1.807, 2.05) is 4.90 Å². The highest BCUT2D eigenvalue weighted by Crippen LogP contribution is 2.38. The number of carbonyl (C=O) groups excluding carboxylic acids is 1. The van der Waals surface area contributed by atoms with E-state index in [0.717, 1.165) is 19.5 Å². The van der Waals surface area contributed by atoms with Crippen LogP contribution in [-0.2, 0) is 9.53 Å². The molecule has 1 aliphatic carbocycles. The summed E-state index contributed by atoms with van der Waals surface area (Å²) in [5.74, 6) is 1.97. The third kappa shape index (κ3) is 2.71. The maximum Gasteiger partial charge on any atom is 0.226 e. The van der Waals surface area contributed by atoms with Crippen LogP contribution < -0.4 is 0 Å². The Hall–Kier alpha value is -0.570. The minimum absolute atomic E-state index is 0.277. The van der Waals surface area contributed by atoms with Crippen LogP contribution in [0.25, 0.3) is 0 Å². The van der Waals surface area contributed by atoms with Gasteiger partial charge in [-0.1, -0.05) is 33.1 Å². The lowest BCUT2D eigenvalue weighted by Crippen LogP contribution is -2.57. The van der Waals surface area contributed by atoms with Gasteiger partial charge in [-0.05, 0) is 24.7 Å². The lowest BCUT2D eigenvalue weighted by molar-refractivity contribution is -0.151. The van der Waals surface area contributed by atoms with Crippen molar-refractivity contribution >= 4 is 5.91 Å². The van der Waals surface area contributed by atoms with E-state index in [1.54, 1.807) is 7.11 Å². The molecule has 0 bridgehead atoms. The van der Waals surface area contributed by atoms with Crippen LogP contribution in [0.4, 0.5) is 0 Å². The van der Waals surface area contributed by atoms with Crippen molar-refractivity contribution in [2.45, 2.75) is 52.1 Å². The molecule has 2 rings (SSSR count). The molecule has 1 aliphatic heterocycles. The van der Waals surface area contributed by atoms with Crippen molar-refractivity contribution in [1.82, 2.24) is 4.90 Å². The molecule has 1 saturated heterocycles. The Bertz CT molecular complexity index is 286. The van der Waals surface area contributed by atoms with E-state index in [0.29, 0.717) is 17.7 Å². The van der Waals surface area contributed by atoms with Crippen molar-refractivity contribution in [2.75, 3.05) is 20.2 Å². The predicted molar refractivity (Wildman–Crippen MR) is 72.3 cm³/mol. The highest BCUT2D eigenvalue weighted by Gasteiger charge is 2.39. The molecule has 0 aromatic rings.